The quantitative estimate of drug-likeness (QED) is 0.301. The van der Waals surface area contributed by atoms with Crippen LogP contribution in [0.5, 0.6) is 0 Å². The molecule has 0 unspecified atom stereocenters. The molecule has 0 aromatic carbocycles. The molecule has 18 N–H and O–H groups in total. The normalized spacial score (nSPS) is 5.64. The second-order valence-electron chi connectivity index (χ2n) is 0.976. The van der Waals surface area contributed by atoms with Crippen LogP contribution in [0.25, 0.3) is 0 Å². The molecule has 0 fully saturated rings. The van der Waals surface area contributed by atoms with Crippen molar-refractivity contribution < 1.29 is 201 Å². The molecule has 0 bridgehead atoms. The maximum Gasteiger partial charge on any atom is 1.00 e. The Labute approximate surface area is 213 Å². The van der Waals surface area contributed by atoms with Gasteiger partial charge in [-0.2, -0.15) is 0 Å². The van der Waals surface area contributed by atoms with Crippen LogP contribution in [0.1, 0.15) is 0 Å². The summed E-state index contributed by atoms with van der Waals surface area (Å²) in [4.78, 5) is 37.3. The smallest absolute Gasteiger partial charge is 0.790 e. The van der Waals surface area contributed by atoms with Gasteiger partial charge in [0.15, 0.2) is 0 Å². The van der Waals surface area contributed by atoms with E-state index in [0.29, 0.717) is 0 Å². The van der Waals surface area contributed by atoms with Crippen LogP contribution in [0.2, 0.25) is 0 Å². The van der Waals surface area contributed by atoms with E-state index >= 15 is 0 Å². The minimum absolute atomic E-state index is 0. The van der Waals surface area contributed by atoms with Gasteiger partial charge in [-0.15, -0.1) is 0 Å². The van der Waals surface area contributed by atoms with Crippen molar-refractivity contribution >= 4 is 15.6 Å². The molecule has 0 saturated carbocycles. The van der Waals surface area contributed by atoms with Gasteiger partial charge < -0.3 is 82.3 Å². The zero-order valence-corrected chi connectivity index (χ0v) is 22.0. The molecule has 0 aliphatic rings. The predicted octanol–water partition coefficient (Wildman–Crippen LogP) is -22.7. The molecule has 16 nitrogen and oxygen atoms in total. The Morgan fingerprint density at radius 1 is 0.455 bits per heavy atom. The minimum atomic E-state index is -5.68. The molecule has 128 valence electrons. The first-order valence-electron chi connectivity index (χ1n) is 1.46. The number of hydrogen-bond acceptors (Lipinski definition) is 7. The molecule has 0 heterocycles. The molecule has 0 aromatic rings. The fourth-order valence-electron chi connectivity index (χ4n) is 0.122. The summed E-state index contributed by atoms with van der Waals surface area (Å²) in [7, 11) is -11.4. The van der Waals surface area contributed by atoms with Crippen molar-refractivity contribution in [1.82, 2.24) is 0 Å². The van der Waals surface area contributed by atoms with Gasteiger partial charge in [0.2, 0.25) is 0 Å². The molecule has 0 spiro atoms. The second kappa shape index (κ2) is 49.8. The zero-order valence-electron chi connectivity index (χ0n) is 12.3. The summed E-state index contributed by atoms with van der Waals surface area (Å²) in [6, 6.07) is 0. The summed E-state index contributed by atoms with van der Waals surface area (Å²) in [5, 5.41) is 0. The van der Waals surface area contributed by atoms with Gasteiger partial charge >= 0.3 is 118 Å². The average Bonchev–Trinajstić information content (AvgIpc) is 1.14. The summed E-state index contributed by atoms with van der Waals surface area (Å²) in [6.45, 7) is 0. The van der Waals surface area contributed by atoms with E-state index in [1.165, 1.54) is 0 Å². The summed E-state index contributed by atoms with van der Waals surface area (Å²) >= 11 is 0. The molecule has 0 aromatic heterocycles. The molecule has 0 atom stereocenters. The monoisotopic (exact) mass is 428 g/mol. The minimum Gasteiger partial charge on any atom is -0.790 e. The van der Waals surface area contributed by atoms with E-state index in [9.17, 15) is 28.7 Å². The van der Waals surface area contributed by atoms with Gasteiger partial charge in [0.25, 0.3) is 0 Å². The molecular formula is H18Na4O16P2. The number of phosphoric acid groups is 2. The topological polar surface area (TPSA) is 419 Å². The van der Waals surface area contributed by atoms with Gasteiger partial charge in [-0.3, -0.25) is 0 Å². The van der Waals surface area contributed by atoms with Crippen LogP contribution in [-0.4, -0.2) is 49.3 Å². The Bertz CT molecular complexity index is 165. The average molecular weight is 428 g/mol. The van der Waals surface area contributed by atoms with Crippen molar-refractivity contribution in [1.29, 1.82) is 0 Å². The first-order valence-corrected chi connectivity index (χ1v) is 4.38. The van der Waals surface area contributed by atoms with E-state index < -0.39 is 15.6 Å². The molecule has 0 radical (unpaired) electrons. The van der Waals surface area contributed by atoms with Crippen molar-refractivity contribution in [3.8, 4) is 0 Å². The molecule has 22 heavy (non-hydrogen) atoms. The predicted molar refractivity (Wildman–Crippen MR) is 48.8 cm³/mol. The SMILES string of the molecule is O.O.O.O.O.O.O.O.O.O=P([O-])([O-])OP(=O)([O-])[O-].[Na+].[Na+].[Na+].[Na+]. The van der Waals surface area contributed by atoms with Crippen LogP contribution in [0.15, 0.2) is 0 Å². The van der Waals surface area contributed by atoms with E-state index in [1.807, 2.05) is 0 Å². The molecule has 0 rings (SSSR count). The Morgan fingerprint density at radius 3 is 0.545 bits per heavy atom. The summed E-state index contributed by atoms with van der Waals surface area (Å²) in [5.41, 5.74) is 0. The zero-order chi connectivity index (χ0) is 7.71. The van der Waals surface area contributed by atoms with E-state index in [1.54, 1.807) is 0 Å². The van der Waals surface area contributed by atoms with Crippen molar-refractivity contribution in [2.45, 2.75) is 0 Å². The van der Waals surface area contributed by atoms with Gasteiger partial charge in [-0.05, 0) is 0 Å². The third kappa shape index (κ3) is 128. The van der Waals surface area contributed by atoms with Crippen LogP contribution in [-0.2, 0) is 13.4 Å². The van der Waals surface area contributed by atoms with Crippen molar-refractivity contribution in [2.75, 3.05) is 0 Å². The maximum absolute atomic E-state index is 9.32. The van der Waals surface area contributed by atoms with Crippen molar-refractivity contribution in [2.24, 2.45) is 0 Å². The van der Waals surface area contributed by atoms with Crippen LogP contribution in [0.3, 0.4) is 0 Å². The third-order valence-corrected chi connectivity index (χ3v) is 1.80. The fourth-order valence-corrected chi connectivity index (χ4v) is 1.10. The van der Waals surface area contributed by atoms with Crippen LogP contribution >= 0.6 is 15.6 Å². The number of rotatable bonds is 2. The molecule has 0 saturated heterocycles. The van der Waals surface area contributed by atoms with Gasteiger partial charge in [-0.25, -0.2) is 0 Å². The second-order valence-corrected chi connectivity index (χ2v) is 3.42. The Morgan fingerprint density at radius 2 is 0.545 bits per heavy atom. The summed E-state index contributed by atoms with van der Waals surface area (Å²) < 4.78 is 21.2. The Kier molecular flexibility index (Phi) is 257. The Balaban J connectivity index is -0.00000000410. The van der Waals surface area contributed by atoms with E-state index in [-0.39, 0.29) is 168 Å². The summed E-state index contributed by atoms with van der Waals surface area (Å²) in [6.07, 6.45) is 0. The van der Waals surface area contributed by atoms with E-state index in [0.717, 1.165) is 0 Å². The van der Waals surface area contributed by atoms with E-state index in [2.05, 4.69) is 4.31 Å². The first-order chi connectivity index (χ1) is 3.71. The third-order valence-electron chi connectivity index (χ3n) is 0.200. The van der Waals surface area contributed by atoms with Crippen LogP contribution < -0.4 is 138 Å². The largest absolute Gasteiger partial charge is 1.00 e. The van der Waals surface area contributed by atoms with E-state index in [4.69, 9.17) is 0 Å². The van der Waals surface area contributed by atoms with Gasteiger partial charge in [-0.1, -0.05) is 0 Å². The molecule has 22 heteroatoms. The van der Waals surface area contributed by atoms with Crippen LogP contribution in [0, 0.1) is 0 Å². The molecule has 0 amide bonds. The first kappa shape index (κ1) is 113. The number of hydrogen-bond donors (Lipinski definition) is 0. The summed E-state index contributed by atoms with van der Waals surface area (Å²) in [5.74, 6) is 0. The van der Waals surface area contributed by atoms with Crippen molar-refractivity contribution in [3.63, 3.8) is 0 Å². The van der Waals surface area contributed by atoms with Crippen molar-refractivity contribution in [3.05, 3.63) is 0 Å². The van der Waals surface area contributed by atoms with Gasteiger partial charge in [0.1, 0.15) is 0 Å². The van der Waals surface area contributed by atoms with Gasteiger partial charge in [0, 0.05) is 0 Å². The maximum atomic E-state index is 9.32. The van der Waals surface area contributed by atoms with Crippen LogP contribution in [0.4, 0.5) is 0 Å². The fraction of sp³-hybridized carbons (Fsp3) is 0. The molecule has 0 aliphatic heterocycles. The van der Waals surface area contributed by atoms with Gasteiger partial charge in [0.05, 0.1) is 15.6 Å². The molecule has 0 aliphatic carbocycles. The Hall–Kier alpha value is 3.90. The standard InChI is InChI=1S/4Na.H4O7P2.9H2O/c;;;;1-8(2,3)7-9(4,5)6;;;;;;;;;/h;;;;(H2,1,2,3)(H2,4,5,6);9*1H2/q4*+1;;;;;;;;;;/p-4. The molecular weight excluding hydrogens is 410 g/mol.